The molecule has 0 saturated carbocycles. The molecule has 0 atom stereocenters. The number of carboxylic acids is 1. The first-order chi connectivity index (χ1) is 16.5. The van der Waals surface area contributed by atoms with E-state index in [0.29, 0.717) is 23.7 Å². The molecule has 0 aliphatic heterocycles. The molecule has 4 aromatic carbocycles. The van der Waals surface area contributed by atoms with Gasteiger partial charge in [-0.3, -0.25) is 4.79 Å². The summed E-state index contributed by atoms with van der Waals surface area (Å²) in [4.78, 5) is 26.1. The van der Waals surface area contributed by atoms with Crippen LogP contribution in [0.5, 0.6) is 0 Å². The number of hydrogen-bond donors (Lipinski definition) is 0. The quantitative estimate of drug-likeness (QED) is 0.355. The van der Waals surface area contributed by atoms with Crippen LogP contribution in [0.2, 0.25) is 5.02 Å². The van der Waals surface area contributed by atoms with Crippen molar-refractivity contribution < 1.29 is 44.3 Å². The largest absolute Gasteiger partial charge is 1.00 e. The van der Waals surface area contributed by atoms with Gasteiger partial charge >= 0.3 is 29.6 Å². The van der Waals surface area contributed by atoms with Gasteiger partial charge in [0.05, 0.1) is 5.97 Å². The molecule has 0 N–H and O–H groups in total. The summed E-state index contributed by atoms with van der Waals surface area (Å²) in [6.07, 6.45) is 0.753. The molecule has 170 valence electrons. The van der Waals surface area contributed by atoms with Crippen LogP contribution in [0.3, 0.4) is 0 Å². The fraction of sp³-hybridized carbons (Fsp3) is 0.103. The molecule has 0 radical (unpaired) electrons. The van der Waals surface area contributed by atoms with E-state index in [0.717, 1.165) is 23.1 Å². The molecular weight excluding hydrogens is 469 g/mol. The predicted molar refractivity (Wildman–Crippen MR) is 133 cm³/mol. The first kappa shape index (κ1) is 26.7. The van der Waals surface area contributed by atoms with E-state index in [1.807, 2.05) is 47.4 Å². The van der Waals surface area contributed by atoms with Gasteiger partial charge in [-0.2, -0.15) is 0 Å². The maximum atomic E-state index is 13.3. The van der Waals surface area contributed by atoms with E-state index in [1.54, 1.807) is 36.4 Å². The third kappa shape index (κ3) is 7.30. The molecule has 4 aromatic rings. The molecule has 0 saturated heterocycles. The Morgan fingerprint density at radius 2 is 1.23 bits per heavy atom. The SMILES string of the molecule is O=C([O-])c1ccc(-c2ccc(CN(CCc3ccccc3)C(=O)c3ccc(Cl)cc3)cc2)cc1.[Na+]. The average Bonchev–Trinajstić information content (AvgIpc) is 2.87. The number of amides is 1. The number of hydrogen-bond acceptors (Lipinski definition) is 3. The van der Waals surface area contributed by atoms with Crippen molar-refractivity contribution in [3.63, 3.8) is 0 Å². The number of rotatable bonds is 8. The van der Waals surface area contributed by atoms with Gasteiger partial charge in [0.15, 0.2) is 0 Å². The third-order valence-electron chi connectivity index (χ3n) is 5.67. The van der Waals surface area contributed by atoms with Crippen LogP contribution in [0.1, 0.15) is 31.8 Å². The number of carboxylic acid groups (broad SMARTS) is 1. The van der Waals surface area contributed by atoms with Crippen molar-refractivity contribution in [3.8, 4) is 11.1 Å². The predicted octanol–water partition coefficient (Wildman–Crippen LogP) is 2.26. The monoisotopic (exact) mass is 491 g/mol. The Balaban J connectivity index is 0.00000342. The van der Waals surface area contributed by atoms with Crippen LogP contribution >= 0.6 is 11.6 Å². The van der Waals surface area contributed by atoms with E-state index < -0.39 is 5.97 Å². The molecular formula is C29H23ClNNaO3. The molecule has 0 bridgehead atoms. The Morgan fingerprint density at radius 3 is 1.80 bits per heavy atom. The zero-order valence-corrected chi connectivity index (χ0v) is 22.2. The average molecular weight is 492 g/mol. The number of carbonyl (C=O) groups excluding carboxylic acids is 2. The van der Waals surface area contributed by atoms with Gasteiger partial charge in [-0.25, -0.2) is 0 Å². The Hall–Kier alpha value is -2.89. The zero-order chi connectivity index (χ0) is 23.9. The van der Waals surface area contributed by atoms with E-state index in [1.165, 1.54) is 17.7 Å². The van der Waals surface area contributed by atoms with Crippen molar-refractivity contribution in [2.45, 2.75) is 13.0 Å². The maximum Gasteiger partial charge on any atom is 1.00 e. The second-order valence-corrected chi connectivity index (χ2v) is 8.47. The number of carbonyl (C=O) groups is 2. The minimum atomic E-state index is -1.19. The maximum absolute atomic E-state index is 13.3. The van der Waals surface area contributed by atoms with Crippen LogP contribution in [-0.2, 0) is 13.0 Å². The molecule has 4 rings (SSSR count). The summed E-state index contributed by atoms with van der Waals surface area (Å²) < 4.78 is 0. The molecule has 0 unspecified atom stereocenters. The van der Waals surface area contributed by atoms with Crippen molar-refractivity contribution >= 4 is 23.5 Å². The van der Waals surface area contributed by atoms with Gasteiger partial charge in [0.25, 0.3) is 5.91 Å². The summed E-state index contributed by atoms with van der Waals surface area (Å²) in [6.45, 7) is 1.05. The van der Waals surface area contributed by atoms with Crippen molar-refractivity contribution in [3.05, 3.63) is 130 Å². The van der Waals surface area contributed by atoms with E-state index in [4.69, 9.17) is 11.6 Å². The molecule has 0 aromatic heterocycles. The third-order valence-corrected chi connectivity index (χ3v) is 5.92. The van der Waals surface area contributed by atoms with Gasteiger partial charge in [-0.15, -0.1) is 0 Å². The first-order valence-electron chi connectivity index (χ1n) is 11.0. The van der Waals surface area contributed by atoms with Crippen LogP contribution in [0.15, 0.2) is 103 Å². The van der Waals surface area contributed by atoms with Crippen LogP contribution in [0, 0.1) is 0 Å². The summed E-state index contributed by atoms with van der Waals surface area (Å²) in [5.74, 6) is -1.24. The second-order valence-electron chi connectivity index (χ2n) is 8.03. The number of benzene rings is 4. The Labute approximate surface area is 232 Å². The van der Waals surface area contributed by atoms with Gasteiger partial charge in [0.2, 0.25) is 0 Å². The molecule has 1 amide bonds. The fourth-order valence-electron chi connectivity index (χ4n) is 3.76. The van der Waals surface area contributed by atoms with Crippen molar-refractivity contribution in [2.24, 2.45) is 0 Å². The Kier molecular flexibility index (Phi) is 9.70. The van der Waals surface area contributed by atoms with E-state index in [-0.39, 0.29) is 41.0 Å². The van der Waals surface area contributed by atoms with Crippen molar-refractivity contribution in [1.82, 2.24) is 4.90 Å². The summed E-state index contributed by atoms with van der Waals surface area (Å²) >= 11 is 6.00. The minimum Gasteiger partial charge on any atom is -0.545 e. The molecule has 0 heterocycles. The molecule has 0 fully saturated rings. The summed E-state index contributed by atoms with van der Waals surface area (Å²) in [6, 6.07) is 31.6. The number of halogens is 1. The second kappa shape index (κ2) is 12.7. The van der Waals surface area contributed by atoms with Crippen LogP contribution < -0.4 is 34.7 Å². The molecule has 35 heavy (non-hydrogen) atoms. The standard InChI is InChI=1S/C29H24ClNO3.Na/c30-27-16-14-25(15-17-27)28(32)31(19-18-21-4-2-1-3-5-21)20-22-6-8-23(9-7-22)24-10-12-26(13-11-24)29(33)34;/h1-17H,18-20H2,(H,33,34);/q;+1/p-1. The Bertz CT molecular complexity index is 1260. The summed E-state index contributed by atoms with van der Waals surface area (Å²) in [7, 11) is 0. The van der Waals surface area contributed by atoms with E-state index in [2.05, 4.69) is 12.1 Å². The van der Waals surface area contributed by atoms with Gasteiger partial charge in [0.1, 0.15) is 0 Å². The molecule has 0 spiro atoms. The first-order valence-corrected chi connectivity index (χ1v) is 11.4. The zero-order valence-electron chi connectivity index (χ0n) is 19.5. The van der Waals surface area contributed by atoms with Crippen LogP contribution in [0.25, 0.3) is 11.1 Å². The Morgan fingerprint density at radius 1 is 0.686 bits per heavy atom. The molecule has 4 nitrogen and oxygen atoms in total. The van der Waals surface area contributed by atoms with Crippen molar-refractivity contribution in [2.75, 3.05) is 6.54 Å². The smallest absolute Gasteiger partial charge is 0.545 e. The molecule has 0 aliphatic carbocycles. The van der Waals surface area contributed by atoms with Crippen LogP contribution in [0.4, 0.5) is 0 Å². The van der Waals surface area contributed by atoms with Gasteiger partial charge in [0, 0.05) is 23.7 Å². The van der Waals surface area contributed by atoms with Gasteiger partial charge in [-0.05, 0) is 58.5 Å². The number of nitrogens with zero attached hydrogens (tertiary/aromatic N) is 1. The minimum absolute atomic E-state index is 0. The van der Waals surface area contributed by atoms with Crippen molar-refractivity contribution in [1.29, 1.82) is 0 Å². The summed E-state index contributed by atoms with van der Waals surface area (Å²) in [5.41, 5.74) is 4.80. The number of aromatic carboxylic acids is 1. The fourth-order valence-corrected chi connectivity index (χ4v) is 3.88. The van der Waals surface area contributed by atoms with Gasteiger partial charge in [-0.1, -0.05) is 90.5 Å². The van der Waals surface area contributed by atoms with Gasteiger partial charge < -0.3 is 14.8 Å². The van der Waals surface area contributed by atoms with Crippen LogP contribution in [-0.4, -0.2) is 23.3 Å². The summed E-state index contributed by atoms with van der Waals surface area (Å²) in [5, 5.41) is 11.6. The molecule has 0 aliphatic rings. The van der Waals surface area contributed by atoms with E-state index in [9.17, 15) is 14.7 Å². The topological polar surface area (TPSA) is 60.4 Å². The molecule has 6 heteroatoms. The normalized spacial score (nSPS) is 10.3. The van der Waals surface area contributed by atoms with E-state index >= 15 is 0 Å².